The SMILES string of the molecule is CN(C)C(=O)COc1cccc(C(=O)NC(C)(C)c2ccc(Cl)c(Cl)c2)c1. The van der Waals surface area contributed by atoms with E-state index in [1.807, 2.05) is 19.9 Å². The van der Waals surface area contributed by atoms with E-state index >= 15 is 0 Å². The Hall–Kier alpha value is -2.24. The Morgan fingerprint density at radius 2 is 1.78 bits per heavy atom. The second-order valence-corrected chi connectivity index (χ2v) is 7.63. The van der Waals surface area contributed by atoms with E-state index in [-0.39, 0.29) is 18.4 Å². The molecule has 1 N–H and O–H groups in total. The first-order valence-electron chi connectivity index (χ1n) is 8.31. The molecule has 0 bridgehead atoms. The van der Waals surface area contributed by atoms with Crippen LogP contribution in [-0.4, -0.2) is 37.4 Å². The smallest absolute Gasteiger partial charge is 0.259 e. The summed E-state index contributed by atoms with van der Waals surface area (Å²) in [5.41, 5.74) is 0.593. The maximum absolute atomic E-state index is 12.7. The first-order valence-corrected chi connectivity index (χ1v) is 9.07. The number of nitrogens with one attached hydrogen (secondary N) is 1. The van der Waals surface area contributed by atoms with Crippen LogP contribution in [0.3, 0.4) is 0 Å². The summed E-state index contributed by atoms with van der Waals surface area (Å²) < 4.78 is 5.46. The Morgan fingerprint density at radius 1 is 1.07 bits per heavy atom. The number of likely N-dealkylation sites (N-methyl/N-ethyl adjacent to an activating group) is 1. The molecule has 7 heteroatoms. The minimum absolute atomic E-state index is 0.0904. The standard InChI is InChI=1S/C20H22Cl2N2O3/c1-20(2,14-8-9-16(21)17(22)11-14)23-19(26)13-6-5-7-15(10-13)27-12-18(25)24(3)4/h5-11H,12H2,1-4H3,(H,23,26). The van der Waals surface area contributed by atoms with Crippen molar-refractivity contribution in [2.24, 2.45) is 0 Å². The van der Waals surface area contributed by atoms with E-state index in [2.05, 4.69) is 5.32 Å². The Bertz CT molecular complexity index is 851. The number of carbonyl (C=O) groups excluding carboxylic acids is 2. The zero-order chi connectivity index (χ0) is 20.2. The van der Waals surface area contributed by atoms with Crippen molar-refractivity contribution in [2.45, 2.75) is 19.4 Å². The summed E-state index contributed by atoms with van der Waals surface area (Å²) >= 11 is 12.0. The topological polar surface area (TPSA) is 58.6 Å². The van der Waals surface area contributed by atoms with Gasteiger partial charge in [-0.15, -0.1) is 0 Å². The van der Waals surface area contributed by atoms with Gasteiger partial charge in [-0.05, 0) is 49.7 Å². The molecule has 0 aliphatic heterocycles. The molecule has 27 heavy (non-hydrogen) atoms. The third-order valence-electron chi connectivity index (χ3n) is 4.02. The number of halogens is 2. The van der Waals surface area contributed by atoms with Crippen LogP contribution in [0.5, 0.6) is 5.75 Å². The van der Waals surface area contributed by atoms with Crippen molar-refractivity contribution in [1.29, 1.82) is 0 Å². The predicted octanol–water partition coefficient (Wildman–Crippen LogP) is 4.13. The molecule has 0 aromatic heterocycles. The van der Waals surface area contributed by atoms with Crippen LogP contribution in [0, 0.1) is 0 Å². The van der Waals surface area contributed by atoms with E-state index < -0.39 is 5.54 Å². The quantitative estimate of drug-likeness (QED) is 0.781. The van der Waals surface area contributed by atoms with Crippen LogP contribution in [0.4, 0.5) is 0 Å². The van der Waals surface area contributed by atoms with Crippen LogP contribution in [-0.2, 0) is 10.3 Å². The number of rotatable bonds is 6. The van der Waals surface area contributed by atoms with Gasteiger partial charge in [0.05, 0.1) is 15.6 Å². The lowest BCUT2D eigenvalue weighted by molar-refractivity contribution is -0.130. The van der Waals surface area contributed by atoms with E-state index in [0.29, 0.717) is 21.4 Å². The number of nitrogens with zero attached hydrogens (tertiary/aromatic N) is 1. The number of amides is 2. The van der Waals surface area contributed by atoms with Gasteiger partial charge in [-0.25, -0.2) is 0 Å². The summed E-state index contributed by atoms with van der Waals surface area (Å²) in [5.74, 6) is 0.0197. The molecule has 144 valence electrons. The molecule has 0 fully saturated rings. The van der Waals surface area contributed by atoms with Crippen molar-refractivity contribution in [3.63, 3.8) is 0 Å². The van der Waals surface area contributed by atoms with Gasteiger partial charge in [0.1, 0.15) is 5.75 Å². The van der Waals surface area contributed by atoms with E-state index in [9.17, 15) is 9.59 Å². The fraction of sp³-hybridized carbons (Fsp3) is 0.300. The molecule has 0 spiro atoms. The van der Waals surface area contributed by atoms with E-state index in [1.165, 1.54) is 4.90 Å². The van der Waals surface area contributed by atoms with Gasteiger partial charge in [-0.3, -0.25) is 9.59 Å². The Morgan fingerprint density at radius 3 is 2.41 bits per heavy atom. The average Bonchev–Trinajstić information content (AvgIpc) is 2.61. The third kappa shape index (κ3) is 5.62. The molecule has 0 saturated heterocycles. The first kappa shape index (κ1) is 21.1. The molecule has 0 unspecified atom stereocenters. The van der Waals surface area contributed by atoms with Crippen LogP contribution >= 0.6 is 23.2 Å². The van der Waals surface area contributed by atoms with E-state index in [4.69, 9.17) is 27.9 Å². The lowest BCUT2D eigenvalue weighted by atomic mass is 9.94. The largest absolute Gasteiger partial charge is 0.484 e. The number of ether oxygens (including phenoxy) is 1. The van der Waals surface area contributed by atoms with Gasteiger partial charge in [0.25, 0.3) is 11.8 Å². The molecule has 0 atom stereocenters. The lowest BCUT2D eigenvalue weighted by Crippen LogP contribution is -2.41. The molecule has 0 saturated carbocycles. The molecule has 0 aliphatic carbocycles. The van der Waals surface area contributed by atoms with Crippen LogP contribution in [0.1, 0.15) is 29.8 Å². The molecule has 2 aromatic carbocycles. The highest BCUT2D eigenvalue weighted by molar-refractivity contribution is 6.42. The highest BCUT2D eigenvalue weighted by Crippen LogP contribution is 2.28. The van der Waals surface area contributed by atoms with Gasteiger partial charge in [0, 0.05) is 19.7 Å². The molecule has 2 rings (SSSR count). The van der Waals surface area contributed by atoms with E-state index in [1.54, 1.807) is 50.5 Å². The summed E-state index contributed by atoms with van der Waals surface area (Å²) in [4.78, 5) is 25.8. The van der Waals surface area contributed by atoms with Crippen LogP contribution in [0.25, 0.3) is 0 Å². The highest BCUT2D eigenvalue weighted by Gasteiger charge is 2.24. The summed E-state index contributed by atoms with van der Waals surface area (Å²) in [6.07, 6.45) is 0. The maximum Gasteiger partial charge on any atom is 0.259 e. The second kappa shape index (κ2) is 8.63. The monoisotopic (exact) mass is 408 g/mol. The first-order chi connectivity index (χ1) is 12.6. The summed E-state index contributed by atoms with van der Waals surface area (Å²) in [7, 11) is 3.31. The molecule has 0 heterocycles. The molecule has 5 nitrogen and oxygen atoms in total. The summed E-state index contributed by atoms with van der Waals surface area (Å²) in [5, 5.41) is 3.86. The third-order valence-corrected chi connectivity index (χ3v) is 4.76. The number of hydrogen-bond acceptors (Lipinski definition) is 3. The summed E-state index contributed by atoms with van der Waals surface area (Å²) in [6.45, 7) is 3.66. The van der Waals surface area contributed by atoms with Gasteiger partial charge in [-0.1, -0.05) is 35.3 Å². The van der Waals surface area contributed by atoms with Crippen molar-refractivity contribution in [1.82, 2.24) is 10.2 Å². The molecular formula is C20H22Cl2N2O3. The number of carbonyl (C=O) groups is 2. The van der Waals surface area contributed by atoms with Crippen LogP contribution in [0.2, 0.25) is 10.0 Å². The highest BCUT2D eigenvalue weighted by atomic mass is 35.5. The minimum Gasteiger partial charge on any atom is -0.484 e. The van der Waals surface area contributed by atoms with Crippen molar-refractivity contribution in [3.8, 4) is 5.75 Å². The summed E-state index contributed by atoms with van der Waals surface area (Å²) in [6, 6.07) is 11.9. The zero-order valence-corrected chi connectivity index (χ0v) is 17.2. The van der Waals surface area contributed by atoms with Gasteiger partial charge >= 0.3 is 0 Å². The van der Waals surface area contributed by atoms with Gasteiger partial charge < -0.3 is 15.0 Å². The normalized spacial score (nSPS) is 11.0. The average molecular weight is 409 g/mol. The lowest BCUT2D eigenvalue weighted by Gasteiger charge is -2.27. The maximum atomic E-state index is 12.7. The predicted molar refractivity (Wildman–Crippen MR) is 108 cm³/mol. The Balaban J connectivity index is 2.11. The van der Waals surface area contributed by atoms with Crippen molar-refractivity contribution in [3.05, 3.63) is 63.6 Å². The number of benzene rings is 2. The number of hydrogen-bond donors (Lipinski definition) is 1. The fourth-order valence-corrected chi connectivity index (χ4v) is 2.61. The van der Waals surface area contributed by atoms with Gasteiger partial charge in [0.15, 0.2) is 6.61 Å². The van der Waals surface area contributed by atoms with Crippen molar-refractivity contribution in [2.75, 3.05) is 20.7 Å². The van der Waals surface area contributed by atoms with Gasteiger partial charge in [-0.2, -0.15) is 0 Å². The fourth-order valence-electron chi connectivity index (χ4n) is 2.31. The van der Waals surface area contributed by atoms with Crippen LogP contribution in [0.15, 0.2) is 42.5 Å². The molecule has 0 radical (unpaired) electrons. The van der Waals surface area contributed by atoms with E-state index in [0.717, 1.165) is 5.56 Å². The zero-order valence-electron chi connectivity index (χ0n) is 15.7. The van der Waals surface area contributed by atoms with Crippen LogP contribution < -0.4 is 10.1 Å². The molecule has 0 aliphatic rings. The van der Waals surface area contributed by atoms with Crippen molar-refractivity contribution >= 4 is 35.0 Å². The molecule has 2 aromatic rings. The molecular weight excluding hydrogens is 387 g/mol. The Kier molecular flexibility index (Phi) is 6.73. The van der Waals surface area contributed by atoms with Crippen molar-refractivity contribution < 1.29 is 14.3 Å². The Labute approximate surface area is 169 Å². The second-order valence-electron chi connectivity index (χ2n) is 6.81. The van der Waals surface area contributed by atoms with Gasteiger partial charge in [0.2, 0.25) is 0 Å². The molecule has 2 amide bonds. The minimum atomic E-state index is -0.664.